The van der Waals surface area contributed by atoms with E-state index in [9.17, 15) is 27.6 Å². The molecule has 234 valence electrons. The highest BCUT2D eigenvalue weighted by molar-refractivity contribution is 7.89. The number of carbonyl (C=O) groups excluding carboxylic acids is 4. The van der Waals surface area contributed by atoms with E-state index in [0.29, 0.717) is 33.9 Å². The van der Waals surface area contributed by atoms with Crippen LogP contribution in [0.2, 0.25) is 0 Å². The van der Waals surface area contributed by atoms with Gasteiger partial charge in [0.15, 0.2) is 5.78 Å². The Morgan fingerprint density at radius 1 is 0.761 bits per heavy atom. The van der Waals surface area contributed by atoms with E-state index in [-0.39, 0.29) is 31.8 Å². The molecule has 4 aromatic rings. The van der Waals surface area contributed by atoms with Crippen LogP contribution in [0.15, 0.2) is 109 Å². The van der Waals surface area contributed by atoms with Gasteiger partial charge in [0.2, 0.25) is 10.0 Å². The van der Waals surface area contributed by atoms with Crippen molar-refractivity contribution in [2.24, 2.45) is 0 Å². The Labute approximate surface area is 266 Å². The fourth-order valence-corrected chi connectivity index (χ4v) is 6.34. The molecule has 6 rings (SSSR count). The number of ketones is 1. The van der Waals surface area contributed by atoms with E-state index in [4.69, 9.17) is 0 Å². The maximum atomic E-state index is 14.6. The lowest BCUT2D eigenvalue weighted by atomic mass is 10.0. The summed E-state index contributed by atoms with van der Waals surface area (Å²) >= 11 is 0. The minimum Gasteiger partial charge on any atom is -0.320 e. The normalized spacial score (nSPS) is 16.2. The molecule has 5 amide bonds. The molecule has 0 bridgehead atoms. The van der Waals surface area contributed by atoms with Crippen molar-refractivity contribution in [3.63, 3.8) is 0 Å². The molecule has 1 atom stereocenters. The van der Waals surface area contributed by atoms with Gasteiger partial charge in [-0.05, 0) is 48.0 Å². The summed E-state index contributed by atoms with van der Waals surface area (Å²) in [4.78, 5) is 61.2. The Bertz CT molecular complexity index is 1880. The lowest BCUT2D eigenvalue weighted by Gasteiger charge is -2.43. The summed E-state index contributed by atoms with van der Waals surface area (Å²) in [5, 5.41) is 0. The zero-order valence-electron chi connectivity index (χ0n) is 24.9. The van der Waals surface area contributed by atoms with Crippen LogP contribution in [0.25, 0.3) is 0 Å². The number of rotatable bonds is 4. The van der Waals surface area contributed by atoms with E-state index in [1.807, 2.05) is 16.9 Å². The highest BCUT2D eigenvalue weighted by atomic mass is 32.2. The molecule has 46 heavy (non-hydrogen) atoms. The molecule has 0 spiro atoms. The Hall–Kier alpha value is -5.49. The molecule has 0 unspecified atom stereocenters. The van der Waals surface area contributed by atoms with Gasteiger partial charge in [0.25, 0.3) is 5.91 Å². The van der Waals surface area contributed by atoms with Crippen molar-refractivity contribution in [1.82, 2.24) is 14.5 Å². The average Bonchev–Trinajstić information content (AvgIpc) is 3.18. The first-order valence-corrected chi connectivity index (χ1v) is 16.5. The minimum atomic E-state index is -4.01. The predicted molar refractivity (Wildman–Crippen MR) is 174 cm³/mol. The predicted octanol–water partition coefficient (Wildman–Crippen LogP) is 4.70. The largest absolute Gasteiger partial charge is 0.329 e. The fourth-order valence-electron chi connectivity index (χ4n) is 5.84. The van der Waals surface area contributed by atoms with Crippen LogP contribution in [-0.4, -0.2) is 73.9 Å². The molecule has 1 N–H and O–H groups in total. The molecule has 1 fully saturated rings. The number of nitrogens with zero attached hydrogens (tertiary/aromatic N) is 4. The zero-order valence-corrected chi connectivity index (χ0v) is 25.8. The lowest BCUT2D eigenvalue weighted by molar-refractivity contribution is -0.125. The third-order valence-corrected chi connectivity index (χ3v) is 8.50. The molecule has 0 aromatic heterocycles. The van der Waals surface area contributed by atoms with Gasteiger partial charge in [-0.25, -0.2) is 18.0 Å². The molecule has 2 aliphatic rings. The summed E-state index contributed by atoms with van der Waals surface area (Å²) in [5.74, 6) is -1.12. The van der Waals surface area contributed by atoms with Gasteiger partial charge in [-0.15, -0.1) is 0 Å². The van der Waals surface area contributed by atoms with Gasteiger partial charge in [0, 0.05) is 25.1 Å². The highest BCUT2D eigenvalue weighted by Gasteiger charge is 2.42. The quantitative estimate of drug-likeness (QED) is 0.346. The van der Waals surface area contributed by atoms with Crippen LogP contribution in [-0.2, 0) is 21.2 Å². The summed E-state index contributed by atoms with van der Waals surface area (Å²) in [5.41, 5.74) is 2.99. The SMILES string of the molecule is CS(=O)(=O)NC(=O)[C@@H]1CN(C(=O)N(c2ccccc2)c2ccccc2)CCN1C(=O)N1c2ccccc2CC(=O)c2ccccc21. The number of anilines is 4. The first-order chi connectivity index (χ1) is 22.1. The average molecular weight is 638 g/mol. The zero-order chi connectivity index (χ0) is 32.4. The van der Waals surface area contributed by atoms with Crippen molar-refractivity contribution in [3.8, 4) is 0 Å². The summed E-state index contributed by atoms with van der Waals surface area (Å²) in [6, 6.07) is 29.4. The third kappa shape index (κ3) is 6.07. The van der Waals surface area contributed by atoms with Crippen LogP contribution in [0.4, 0.5) is 32.3 Å². The van der Waals surface area contributed by atoms with Gasteiger partial charge in [0.1, 0.15) is 6.04 Å². The second-order valence-corrected chi connectivity index (χ2v) is 12.8. The maximum Gasteiger partial charge on any atom is 0.329 e. The minimum absolute atomic E-state index is 0.0550. The number of nitrogens with one attached hydrogen (secondary N) is 1. The van der Waals surface area contributed by atoms with Crippen LogP contribution in [0.3, 0.4) is 0 Å². The van der Waals surface area contributed by atoms with Crippen molar-refractivity contribution in [2.45, 2.75) is 12.5 Å². The Morgan fingerprint density at radius 3 is 1.96 bits per heavy atom. The lowest BCUT2D eigenvalue weighted by Crippen LogP contribution is -2.64. The van der Waals surface area contributed by atoms with Crippen LogP contribution >= 0.6 is 0 Å². The number of para-hydroxylation sites is 4. The molecule has 0 saturated carbocycles. The molecule has 12 heteroatoms. The van der Waals surface area contributed by atoms with Crippen LogP contribution in [0.5, 0.6) is 0 Å². The number of carbonyl (C=O) groups is 4. The number of benzene rings is 4. The molecule has 11 nitrogen and oxygen atoms in total. The first-order valence-electron chi connectivity index (χ1n) is 14.6. The molecule has 4 aromatic carbocycles. The van der Waals surface area contributed by atoms with Gasteiger partial charge in [-0.2, -0.15) is 0 Å². The second-order valence-electron chi connectivity index (χ2n) is 11.0. The first kappa shape index (κ1) is 30.5. The smallest absolute Gasteiger partial charge is 0.320 e. The van der Waals surface area contributed by atoms with E-state index in [2.05, 4.69) is 0 Å². The number of piperazine rings is 1. The topological polar surface area (TPSA) is 127 Å². The molecular weight excluding hydrogens is 606 g/mol. The maximum absolute atomic E-state index is 14.6. The van der Waals surface area contributed by atoms with Gasteiger partial charge in [-0.1, -0.05) is 66.7 Å². The van der Waals surface area contributed by atoms with E-state index in [1.54, 1.807) is 97.1 Å². The van der Waals surface area contributed by atoms with Crippen molar-refractivity contribution in [1.29, 1.82) is 0 Å². The standard InChI is InChI=1S/C34H31N5O6S/c1-46(44,45)35-32(41)30-23-36(33(42)38(25-13-4-2-5-14-25)26-15-6-3-7-16-26)20-21-37(30)34(43)39-28-18-10-8-12-24(28)22-31(40)27-17-9-11-19-29(27)39/h2-19,30H,20-23H2,1H3,(H,35,41)/t30-/m0/s1. The van der Waals surface area contributed by atoms with Crippen molar-refractivity contribution >= 4 is 56.5 Å². The molecule has 0 radical (unpaired) electrons. The molecule has 2 aliphatic heterocycles. The van der Waals surface area contributed by atoms with Gasteiger partial charge in [0.05, 0.1) is 35.6 Å². The number of hydrogen-bond acceptors (Lipinski definition) is 6. The fraction of sp³-hybridized carbons (Fsp3) is 0.176. The Morgan fingerprint density at radius 2 is 1.33 bits per heavy atom. The van der Waals surface area contributed by atoms with E-state index in [1.165, 1.54) is 19.6 Å². The summed E-state index contributed by atoms with van der Waals surface area (Å²) in [7, 11) is -4.01. The van der Waals surface area contributed by atoms with Crippen molar-refractivity contribution in [3.05, 3.63) is 120 Å². The van der Waals surface area contributed by atoms with Crippen LogP contribution in [0.1, 0.15) is 15.9 Å². The summed E-state index contributed by atoms with van der Waals surface area (Å²) in [6.45, 7) is -0.309. The number of sulfonamides is 1. The van der Waals surface area contributed by atoms with E-state index >= 15 is 0 Å². The van der Waals surface area contributed by atoms with Gasteiger partial charge < -0.3 is 9.80 Å². The molecule has 1 saturated heterocycles. The van der Waals surface area contributed by atoms with E-state index in [0.717, 1.165) is 6.26 Å². The number of amides is 5. The second kappa shape index (κ2) is 12.5. The number of urea groups is 2. The monoisotopic (exact) mass is 637 g/mol. The van der Waals surface area contributed by atoms with Crippen molar-refractivity contribution in [2.75, 3.05) is 35.7 Å². The third-order valence-electron chi connectivity index (χ3n) is 7.93. The van der Waals surface area contributed by atoms with E-state index < -0.39 is 34.0 Å². The Kier molecular flexibility index (Phi) is 8.29. The van der Waals surface area contributed by atoms with Crippen LogP contribution in [0, 0.1) is 0 Å². The molecule has 0 aliphatic carbocycles. The summed E-state index contributed by atoms with van der Waals surface area (Å²) in [6.07, 6.45) is 0.925. The van der Waals surface area contributed by atoms with Gasteiger partial charge >= 0.3 is 12.1 Å². The Balaban J connectivity index is 1.38. The number of hydrogen-bond donors (Lipinski definition) is 1. The van der Waals surface area contributed by atoms with Crippen LogP contribution < -0.4 is 14.5 Å². The van der Waals surface area contributed by atoms with Crippen molar-refractivity contribution < 1.29 is 27.6 Å². The number of fused-ring (bicyclic) bond motifs is 2. The number of Topliss-reactive ketones (excluding diaryl/α,β-unsaturated/α-hetero) is 1. The molecule has 2 heterocycles. The highest BCUT2D eigenvalue weighted by Crippen LogP contribution is 2.37. The molecular formula is C34H31N5O6S. The summed E-state index contributed by atoms with van der Waals surface area (Å²) < 4.78 is 26.4. The van der Waals surface area contributed by atoms with Gasteiger partial charge in [-0.3, -0.25) is 24.1 Å².